The number of imidazole rings is 1. The normalized spacial score (nSPS) is 30.3. The van der Waals surface area contributed by atoms with Gasteiger partial charge in [0, 0.05) is 0 Å². The number of anilines is 1. The molecule has 2 aromatic heterocycles. The molecule has 6 atom stereocenters. The number of aliphatic hydroxyl groups excluding tert-OH is 1. The average molecular weight is 555 g/mol. The Kier molecular flexibility index (Phi) is 6.97. The zero-order valence-corrected chi connectivity index (χ0v) is 19.9. The van der Waals surface area contributed by atoms with Crippen molar-refractivity contribution in [1.29, 1.82) is 10.5 Å². The average Bonchev–Trinajstić information content (AvgIpc) is 3.24. The van der Waals surface area contributed by atoms with Crippen molar-refractivity contribution in [2.45, 2.75) is 24.7 Å². The van der Waals surface area contributed by atoms with E-state index >= 15 is 0 Å². The molecule has 35 heavy (non-hydrogen) atoms. The van der Waals surface area contributed by atoms with E-state index in [1.165, 1.54) is 0 Å². The van der Waals surface area contributed by atoms with Crippen LogP contribution in [-0.2, 0) is 37.2 Å². The van der Waals surface area contributed by atoms with Crippen LogP contribution in [0.15, 0.2) is 12.5 Å². The van der Waals surface area contributed by atoms with Crippen LogP contribution in [0, 0.1) is 28.1 Å². The minimum atomic E-state index is -5.79. The Morgan fingerprint density at radius 2 is 1.83 bits per heavy atom. The van der Waals surface area contributed by atoms with Crippen molar-refractivity contribution in [2.75, 3.05) is 12.3 Å². The maximum Gasteiger partial charge on any atom is 0.490 e. The van der Waals surface area contributed by atoms with Gasteiger partial charge in [0.25, 0.3) is 0 Å². The molecule has 22 heteroatoms. The molecule has 6 unspecified atom stereocenters. The number of nitrogens with two attached hydrogens (primary N) is 1. The van der Waals surface area contributed by atoms with Crippen LogP contribution in [0.1, 0.15) is 12.6 Å². The van der Waals surface area contributed by atoms with E-state index in [0.717, 1.165) is 24.0 Å². The maximum atomic E-state index is 12.0. The molecule has 1 saturated heterocycles. The first-order valence-corrected chi connectivity index (χ1v) is 13.4. The van der Waals surface area contributed by atoms with Crippen LogP contribution in [0.5, 0.6) is 0 Å². The van der Waals surface area contributed by atoms with Crippen LogP contribution in [0.2, 0.25) is 0 Å². The van der Waals surface area contributed by atoms with Crippen molar-refractivity contribution in [3.05, 3.63) is 18.2 Å². The molecular weight excluding hydrogens is 539 g/mol. The van der Waals surface area contributed by atoms with Crippen molar-refractivity contribution < 1.29 is 56.3 Å². The number of nitrogens with zero attached hydrogens (tertiary/aromatic N) is 6. The number of aliphatic hydroxyl groups is 1. The fourth-order valence-corrected chi connectivity index (χ4v) is 6.37. The van der Waals surface area contributed by atoms with Crippen molar-refractivity contribution in [3.8, 4) is 12.1 Å². The molecule has 0 aliphatic carbocycles. The lowest BCUT2D eigenvalue weighted by Crippen LogP contribution is -2.45. The number of hydrogen-bond donors (Lipinski definition) is 6. The van der Waals surface area contributed by atoms with Crippen molar-refractivity contribution >= 4 is 34.9 Å². The molecule has 0 radical (unpaired) electrons. The monoisotopic (exact) mass is 555 g/mol. The molecule has 190 valence electrons. The van der Waals surface area contributed by atoms with Crippen LogP contribution >= 0.6 is 23.5 Å². The van der Waals surface area contributed by atoms with Gasteiger partial charge in [0.1, 0.15) is 35.7 Å². The second kappa shape index (κ2) is 8.95. The summed E-state index contributed by atoms with van der Waals surface area (Å²) in [4.78, 5) is 43.7. The fourth-order valence-electron chi connectivity index (χ4n) is 3.34. The summed E-state index contributed by atoms with van der Waals surface area (Å²) >= 11 is 0. The molecule has 1 aliphatic heterocycles. The third-order valence-electron chi connectivity index (χ3n) is 4.90. The summed E-state index contributed by atoms with van der Waals surface area (Å²) in [6.07, 6.45) is -1.45. The molecule has 1 aliphatic rings. The summed E-state index contributed by atoms with van der Waals surface area (Å²) in [6, 6.07) is 3.55. The Hall–Kier alpha value is -2.34. The van der Waals surface area contributed by atoms with Gasteiger partial charge in [-0.15, -0.1) is 0 Å². The Bertz CT molecular complexity index is 1380. The van der Waals surface area contributed by atoms with Gasteiger partial charge in [-0.25, -0.2) is 28.2 Å². The smallest absolute Gasteiger partial charge is 0.388 e. The van der Waals surface area contributed by atoms with Gasteiger partial charge in [0.15, 0.2) is 11.5 Å². The van der Waals surface area contributed by atoms with E-state index in [1.807, 2.05) is 0 Å². The minimum absolute atomic E-state index is 0.00721. The topological polar surface area (TPSA) is 306 Å². The largest absolute Gasteiger partial charge is 0.490 e. The molecule has 1 fully saturated rings. The Balaban J connectivity index is 1.91. The van der Waals surface area contributed by atoms with Gasteiger partial charge in [-0.3, -0.25) is 4.52 Å². The highest BCUT2D eigenvalue weighted by Crippen LogP contribution is 2.66. The summed E-state index contributed by atoms with van der Waals surface area (Å²) in [5.74, 6) is -0.0826. The van der Waals surface area contributed by atoms with Gasteiger partial charge in [-0.1, -0.05) is 0 Å². The minimum Gasteiger partial charge on any atom is -0.388 e. The van der Waals surface area contributed by atoms with Gasteiger partial charge < -0.3 is 35.2 Å². The SMILES string of the molecule is CC1(C#N)C(O)C(COP(=O)(O)OP(=O)(O)OP(=O)(O)O)OC1(C#N)c1cnc2c(N)ncnn12. The zero-order valence-electron chi connectivity index (χ0n) is 17.2. The van der Waals surface area contributed by atoms with E-state index in [1.54, 1.807) is 12.1 Å². The summed E-state index contributed by atoms with van der Waals surface area (Å²) in [7, 11) is -17.0. The van der Waals surface area contributed by atoms with Gasteiger partial charge >= 0.3 is 23.5 Å². The number of nitrogen functional groups attached to an aromatic ring is 1. The highest BCUT2D eigenvalue weighted by Gasteiger charge is 2.67. The predicted molar refractivity (Wildman–Crippen MR) is 107 cm³/mol. The first kappa shape index (κ1) is 27.3. The highest BCUT2D eigenvalue weighted by atomic mass is 31.3. The fraction of sp³-hybridized carbons (Fsp3) is 0.462. The van der Waals surface area contributed by atoms with Crippen molar-refractivity contribution in [1.82, 2.24) is 19.6 Å². The van der Waals surface area contributed by atoms with Crippen molar-refractivity contribution in [3.63, 3.8) is 0 Å². The molecule has 0 amide bonds. The molecule has 3 heterocycles. The lowest BCUT2D eigenvalue weighted by molar-refractivity contribution is -0.0575. The zero-order chi connectivity index (χ0) is 26.4. The van der Waals surface area contributed by atoms with Gasteiger partial charge in [0.05, 0.1) is 18.9 Å². The molecule has 2 aromatic rings. The third kappa shape index (κ3) is 5.00. The quantitative estimate of drug-likeness (QED) is 0.214. The molecule has 0 bridgehead atoms. The Morgan fingerprint density at radius 1 is 1.17 bits per heavy atom. The number of fused-ring (bicyclic) bond motifs is 1. The van der Waals surface area contributed by atoms with Gasteiger partial charge in [-0.05, 0) is 6.92 Å². The number of rotatable bonds is 8. The number of aromatic nitrogens is 4. The standard InChI is InChI=1S/C13H16N7O12P3/c1-12(4-14)9(21)7(3-29-34(25,26)32-35(27,28)31-33(22,23)24)30-13(12,5-15)8-2-17-11-10(16)18-6-19-20(8)11/h2,6-7,9,21H,3H2,1H3,(H,25,26)(H,27,28)(H2,16,18,19)(H2,22,23,24). The van der Waals surface area contributed by atoms with E-state index in [4.69, 9.17) is 20.3 Å². The third-order valence-corrected chi connectivity index (χ3v) is 8.71. The van der Waals surface area contributed by atoms with Crippen LogP contribution in [0.25, 0.3) is 5.65 Å². The van der Waals surface area contributed by atoms with E-state index in [-0.39, 0.29) is 17.2 Å². The predicted octanol–water partition coefficient (Wildman–Crippen LogP) is -0.942. The maximum absolute atomic E-state index is 12.0. The van der Waals surface area contributed by atoms with Gasteiger partial charge in [0.2, 0.25) is 5.60 Å². The first-order valence-electron chi connectivity index (χ1n) is 8.92. The molecule has 7 N–H and O–H groups in total. The van der Waals surface area contributed by atoms with Crippen LogP contribution in [0.4, 0.5) is 5.82 Å². The number of phosphoric acid groups is 3. The number of ether oxygens (including phenoxy) is 1. The van der Waals surface area contributed by atoms with Crippen LogP contribution in [0.3, 0.4) is 0 Å². The van der Waals surface area contributed by atoms with E-state index in [2.05, 4.69) is 28.2 Å². The summed E-state index contributed by atoms with van der Waals surface area (Å²) in [5.41, 5.74) is 1.19. The van der Waals surface area contributed by atoms with Crippen LogP contribution < -0.4 is 5.73 Å². The van der Waals surface area contributed by atoms with E-state index < -0.39 is 53.3 Å². The van der Waals surface area contributed by atoms with Gasteiger partial charge in [-0.2, -0.15) is 24.2 Å². The van der Waals surface area contributed by atoms with E-state index in [9.17, 15) is 39.1 Å². The number of phosphoric ester groups is 1. The second-order valence-corrected chi connectivity index (χ2v) is 11.5. The highest BCUT2D eigenvalue weighted by molar-refractivity contribution is 7.66. The van der Waals surface area contributed by atoms with E-state index in [0.29, 0.717) is 0 Å². The molecular formula is C13H16N7O12P3. The van der Waals surface area contributed by atoms with Crippen molar-refractivity contribution in [2.24, 2.45) is 5.41 Å². The molecule has 3 rings (SSSR count). The number of nitriles is 2. The van der Waals surface area contributed by atoms with Crippen LogP contribution in [-0.4, -0.2) is 63.1 Å². The lowest BCUT2D eigenvalue weighted by Gasteiger charge is -2.31. The number of hydrogen-bond acceptors (Lipinski definition) is 14. The summed E-state index contributed by atoms with van der Waals surface area (Å²) in [6.45, 7) is 0.0368. The lowest BCUT2D eigenvalue weighted by atomic mass is 9.71. The summed E-state index contributed by atoms with van der Waals surface area (Å²) < 4.78 is 52.5. The first-order chi connectivity index (χ1) is 16.0. The molecule has 0 spiro atoms. The second-order valence-electron chi connectivity index (χ2n) is 7.12. The molecule has 0 aromatic carbocycles. The molecule has 19 nitrogen and oxygen atoms in total. The summed E-state index contributed by atoms with van der Waals surface area (Å²) in [5, 5.41) is 34.5. The Labute approximate surface area is 194 Å². The molecule has 0 saturated carbocycles. The Morgan fingerprint density at radius 3 is 2.40 bits per heavy atom.